The van der Waals surface area contributed by atoms with Crippen LogP contribution in [0, 0.1) is 22.0 Å². The van der Waals surface area contributed by atoms with Crippen molar-refractivity contribution < 1.29 is 19.3 Å². The van der Waals surface area contributed by atoms with E-state index in [9.17, 15) is 24.5 Å². The maximum atomic E-state index is 13.8. The predicted octanol–water partition coefficient (Wildman–Crippen LogP) is 3.99. The highest BCUT2D eigenvalue weighted by atomic mass is 16.6. The first-order valence-electron chi connectivity index (χ1n) is 11.2. The molecule has 0 bridgehead atoms. The summed E-state index contributed by atoms with van der Waals surface area (Å²) in [5.41, 5.74) is 2.17. The van der Waals surface area contributed by atoms with Gasteiger partial charge in [0.05, 0.1) is 28.5 Å². The van der Waals surface area contributed by atoms with Crippen LogP contribution in [-0.4, -0.2) is 33.5 Å². The Kier molecular flexibility index (Phi) is 4.63. The minimum atomic E-state index is -0.921. The van der Waals surface area contributed by atoms with Crippen molar-refractivity contribution in [2.24, 2.45) is 11.8 Å². The van der Waals surface area contributed by atoms with Crippen molar-refractivity contribution in [2.45, 2.75) is 12.1 Å². The summed E-state index contributed by atoms with van der Waals surface area (Å²) in [6.45, 7) is 0. The van der Waals surface area contributed by atoms with Crippen LogP contribution in [0.25, 0.3) is 6.08 Å². The first-order valence-corrected chi connectivity index (χ1v) is 11.2. The monoisotopic (exact) mass is 465 g/mol. The molecule has 3 heterocycles. The van der Waals surface area contributed by atoms with Crippen LogP contribution in [0.5, 0.6) is 0 Å². The minimum absolute atomic E-state index is 0.140. The first kappa shape index (κ1) is 21.0. The number of nitro benzene ring substituents is 1. The lowest BCUT2D eigenvalue weighted by molar-refractivity contribution is -0.384. The Balaban J connectivity index is 1.50. The molecule has 3 aliphatic heterocycles. The second-order valence-electron chi connectivity index (χ2n) is 8.85. The van der Waals surface area contributed by atoms with Gasteiger partial charge in [-0.25, -0.2) is 4.90 Å². The molecule has 0 radical (unpaired) electrons. The SMILES string of the molecule is O=C(c1ccccc1)[C@@H]1[C@@H]2C(=O)N(c3cccc([N+](=O)[O-])c3)C(=O)[C@H]2[C@H]2c3ccccc3C=CN12. The van der Waals surface area contributed by atoms with Crippen LogP contribution in [0.4, 0.5) is 11.4 Å². The van der Waals surface area contributed by atoms with Crippen LogP contribution >= 0.6 is 0 Å². The largest absolute Gasteiger partial charge is 0.358 e. The van der Waals surface area contributed by atoms with Gasteiger partial charge in [-0.3, -0.25) is 24.5 Å². The average molecular weight is 465 g/mol. The maximum absolute atomic E-state index is 13.8. The smallest absolute Gasteiger partial charge is 0.271 e. The summed E-state index contributed by atoms with van der Waals surface area (Å²) >= 11 is 0. The number of hydrogen-bond acceptors (Lipinski definition) is 6. The van der Waals surface area contributed by atoms with E-state index in [2.05, 4.69) is 0 Å². The van der Waals surface area contributed by atoms with E-state index in [4.69, 9.17) is 0 Å². The Morgan fingerprint density at radius 1 is 0.857 bits per heavy atom. The van der Waals surface area contributed by atoms with Crippen molar-refractivity contribution in [3.05, 3.63) is 112 Å². The van der Waals surface area contributed by atoms with E-state index in [1.165, 1.54) is 24.3 Å². The fourth-order valence-electron chi connectivity index (χ4n) is 5.63. The number of ketones is 1. The molecule has 8 nitrogen and oxygen atoms in total. The summed E-state index contributed by atoms with van der Waals surface area (Å²) in [6.07, 6.45) is 3.69. The van der Waals surface area contributed by atoms with Gasteiger partial charge in [0.1, 0.15) is 6.04 Å². The van der Waals surface area contributed by atoms with E-state index in [0.29, 0.717) is 5.56 Å². The van der Waals surface area contributed by atoms with Crippen LogP contribution in [0.1, 0.15) is 27.5 Å². The van der Waals surface area contributed by atoms with Crippen molar-refractivity contribution in [1.82, 2.24) is 4.90 Å². The Bertz CT molecular complexity index is 1430. The lowest BCUT2D eigenvalue weighted by Crippen LogP contribution is -2.44. The number of benzene rings is 3. The van der Waals surface area contributed by atoms with Gasteiger partial charge >= 0.3 is 0 Å². The molecule has 2 fully saturated rings. The predicted molar refractivity (Wildman–Crippen MR) is 127 cm³/mol. The molecule has 0 spiro atoms. The topological polar surface area (TPSA) is 101 Å². The van der Waals surface area contributed by atoms with Gasteiger partial charge in [-0.05, 0) is 23.3 Å². The molecule has 3 aromatic rings. The van der Waals surface area contributed by atoms with Gasteiger partial charge in [-0.2, -0.15) is 0 Å². The fraction of sp³-hybridized carbons (Fsp3) is 0.148. The third-order valence-electron chi connectivity index (χ3n) is 7.09. The summed E-state index contributed by atoms with van der Waals surface area (Å²) in [5.74, 6) is -2.94. The number of carbonyl (C=O) groups is 3. The average Bonchev–Trinajstić information content (AvgIpc) is 3.36. The van der Waals surface area contributed by atoms with Crippen molar-refractivity contribution in [3.63, 3.8) is 0 Å². The molecule has 35 heavy (non-hydrogen) atoms. The summed E-state index contributed by atoms with van der Waals surface area (Å²) in [5, 5.41) is 11.3. The summed E-state index contributed by atoms with van der Waals surface area (Å²) in [6, 6.07) is 20.4. The molecule has 6 rings (SSSR count). The fourth-order valence-corrected chi connectivity index (χ4v) is 5.63. The van der Waals surface area contributed by atoms with Gasteiger partial charge in [0.15, 0.2) is 5.78 Å². The molecule has 3 aromatic carbocycles. The van der Waals surface area contributed by atoms with E-state index in [1.807, 2.05) is 41.3 Å². The van der Waals surface area contributed by atoms with Gasteiger partial charge in [0.25, 0.3) is 5.69 Å². The van der Waals surface area contributed by atoms with Crippen LogP contribution in [0.3, 0.4) is 0 Å². The van der Waals surface area contributed by atoms with E-state index >= 15 is 0 Å². The highest BCUT2D eigenvalue weighted by Gasteiger charge is 2.64. The molecule has 0 saturated carbocycles. The molecule has 2 amide bonds. The van der Waals surface area contributed by atoms with Gasteiger partial charge in [0.2, 0.25) is 11.8 Å². The number of carbonyl (C=O) groups excluding carboxylic acids is 3. The van der Waals surface area contributed by atoms with Crippen LogP contribution in [0.2, 0.25) is 0 Å². The molecule has 2 saturated heterocycles. The van der Waals surface area contributed by atoms with E-state index in [-0.39, 0.29) is 17.2 Å². The molecule has 4 atom stereocenters. The summed E-state index contributed by atoms with van der Waals surface area (Å²) < 4.78 is 0. The number of non-ortho nitro benzene ring substituents is 1. The Morgan fingerprint density at radius 2 is 1.57 bits per heavy atom. The second kappa shape index (κ2) is 7.73. The highest BCUT2D eigenvalue weighted by Crippen LogP contribution is 2.53. The third-order valence-corrected chi connectivity index (χ3v) is 7.09. The number of imide groups is 1. The van der Waals surface area contributed by atoms with Gasteiger partial charge in [-0.15, -0.1) is 0 Å². The van der Waals surface area contributed by atoms with Crippen LogP contribution in [-0.2, 0) is 9.59 Å². The highest BCUT2D eigenvalue weighted by molar-refractivity contribution is 6.24. The number of Topliss-reactive ketones (excluding diaryl/α,β-unsaturated/α-hetero) is 1. The number of fused-ring (bicyclic) bond motifs is 5. The zero-order valence-corrected chi connectivity index (χ0v) is 18.4. The molecular weight excluding hydrogens is 446 g/mol. The number of hydrogen-bond donors (Lipinski definition) is 0. The molecule has 3 aliphatic rings. The first-order chi connectivity index (χ1) is 17.0. The quantitative estimate of drug-likeness (QED) is 0.250. The van der Waals surface area contributed by atoms with E-state index < -0.39 is 40.7 Å². The molecule has 0 aliphatic carbocycles. The van der Waals surface area contributed by atoms with Gasteiger partial charge < -0.3 is 4.90 Å². The normalized spacial score (nSPS) is 24.2. The zero-order valence-electron chi connectivity index (χ0n) is 18.4. The number of rotatable bonds is 4. The van der Waals surface area contributed by atoms with Gasteiger partial charge in [0, 0.05) is 23.9 Å². The minimum Gasteiger partial charge on any atom is -0.358 e. The third kappa shape index (κ3) is 3.03. The Hall–Kier alpha value is -4.59. The molecule has 8 heteroatoms. The Morgan fingerprint density at radius 3 is 2.34 bits per heavy atom. The lowest BCUT2D eigenvalue weighted by atomic mass is 9.83. The van der Waals surface area contributed by atoms with Crippen molar-refractivity contribution in [2.75, 3.05) is 4.90 Å². The van der Waals surface area contributed by atoms with Crippen LogP contribution in [0.15, 0.2) is 85.1 Å². The molecule has 172 valence electrons. The second-order valence-corrected chi connectivity index (χ2v) is 8.85. The number of nitrogens with zero attached hydrogens (tertiary/aromatic N) is 3. The number of anilines is 1. The van der Waals surface area contributed by atoms with Crippen LogP contribution < -0.4 is 4.90 Å². The molecule has 0 unspecified atom stereocenters. The van der Waals surface area contributed by atoms with Gasteiger partial charge in [-0.1, -0.05) is 60.7 Å². The number of amides is 2. The summed E-state index contributed by atoms with van der Waals surface area (Å²) in [4.78, 5) is 55.0. The molecule has 0 N–H and O–H groups in total. The van der Waals surface area contributed by atoms with Crippen molar-refractivity contribution >= 4 is 35.0 Å². The number of nitro groups is 1. The molecular formula is C27H19N3O5. The van der Waals surface area contributed by atoms with Crippen molar-refractivity contribution in [3.8, 4) is 0 Å². The van der Waals surface area contributed by atoms with E-state index in [1.54, 1.807) is 30.5 Å². The maximum Gasteiger partial charge on any atom is 0.271 e. The Labute approximate surface area is 200 Å². The standard InChI is InChI=1S/C27H19N3O5/c31-25(17-8-2-1-3-9-17)24-22-21(23-20-12-5-4-7-16(20)13-14-28(23)24)26(32)29(27(22)33)18-10-6-11-19(15-18)30(34)35/h1-15,21-24H/t21-,22-,23-,24+/m1/s1. The lowest BCUT2D eigenvalue weighted by Gasteiger charge is -2.35. The van der Waals surface area contributed by atoms with E-state index in [0.717, 1.165) is 16.0 Å². The zero-order chi connectivity index (χ0) is 24.3. The molecule has 0 aromatic heterocycles. The summed E-state index contributed by atoms with van der Waals surface area (Å²) in [7, 11) is 0. The van der Waals surface area contributed by atoms with Crippen molar-refractivity contribution in [1.29, 1.82) is 0 Å².